The Morgan fingerprint density at radius 1 is 1.05 bits per heavy atom. The summed E-state index contributed by atoms with van der Waals surface area (Å²) < 4.78 is 12.7. The van der Waals surface area contributed by atoms with Gasteiger partial charge in [0, 0.05) is 0 Å². The van der Waals surface area contributed by atoms with Crippen molar-refractivity contribution in [2.45, 2.75) is 71.8 Å². The topological polar surface area (TPSA) is 62.2 Å². The zero-order valence-electron chi connectivity index (χ0n) is 14.1. The second-order valence-corrected chi connectivity index (χ2v) is 8.46. The first-order valence-corrected chi connectivity index (χ1v) is 9.54. The van der Waals surface area contributed by atoms with Crippen LogP contribution in [0.4, 0.5) is 0 Å². The van der Waals surface area contributed by atoms with Crippen LogP contribution in [0.5, 0.6) is 0 Å². The average Bonchev–Trinajstić information content (AvgIpc) is 2.33. The van der Waals surface area contributed by atoms with E-state index in [4.69, 9.17) is 9.47 Å². The number of ether oxygens (including phenoxy) is 2. The van der Waals surface area contributed by atoms with Crippen molar-refractivity contribution in [2.24, 2.45) is 0 Å². The molecular weight excluding hydrogens is 277 g/mol. The molecule has 0 aliphatic rings. The van der Waals surface area contributed by atoms with E-state index in [2.05, 4.69) is 0 Å². The van der Waals surface area contributed by atoms with Gasteiger partial charge in [-0.2, -0.15) is 0 Å². The van der Waals surface area contributed by atoms with Crippen LogP contribution in [0.2, 0.25) is 0 Å². The summed E-state index contributed by atoms with van der Waals surface area (Å²) in [4.78, 5) is 20.9. The summed E-state index contributed by atoms with van der Waals surface area (Å²) in [6.07, 6.45) is 2.47. The van der Waals surface area contributed by atoms with Crippen molar-refractivity contribution in [1.29, 1.82) is 0 Å². The molecule has 0 aliphatic carbocycles. The maximum atomic E-state index is 10.5. The number of nitrogens with zero attached hydrogens (tertiary/aromatic N) is 1. The van der Waals surface area contributed by atoms with Gasteiger partial charge in [0.15, 0.2) is 0 Å². The van der Waals surface area contributed by atoms with Crippen LogP contribution in [0, 0.1) is 0 Å². The molecular formula is C14H34NO4P. The molecule has 0 spiro atoms. The van der Waals surface area contributed by atoms with Gasteiger partial charge in [0.2, 0.25) is 0 Å². The number of methoxy groups -OCH3 is 2. The zero-order valence-corrected chi connectivity index (χ0v) is 15.1. The van der Waals surface area contributed by atoms with Gasteiger partial charge in [-0.1, -0.05) is 0 Å². The summed E-state index contributed by atoms with van der Waals surface area (Å²) >= 11 is 0. The second-order valence-electron chi connectivity index (χ2n) is 5.90. The van der Waals surface area contributed by atoms with E-state index in [9.17, 15) is 9.79 Å². The van der Waals surface area contributed by atoms with E-state index in [0.29, 0.717) is 19.0 Å². The van der Waals surface area contributed by atoms with Crippen molar-refractivity contribution in [3.05, 3.63) is 0 Å². The van der Waals surface area contributed by atoms with Crippen LogP contribution < -0.4 is 0 Å². The molecule has 0 aromatic carbocycles. The van der Waals surface area contributed by atoms with Crippen LogP contribution in [0.1, 0.15) is 53.9 Å². The van der Waals surface area contributed by atoms with E-state index in [1.807, 2.05) is 39.3 Å². The van der Waals surface area contributed by atoms with Crippen LogP contribution in [0.3, 0.4) is 0 Å². The number of hydrogen-bond donors (Lipinski definition) is 2. The third kappa shape index (κ3) is 5.55. The third-order valence-electron chi connectivity index (χ3n) is 3.88. The summed E-state index contributed by atoms with van der Waals surface area (Å²) in [7, 11) is -0.117. The van der Waals surface area contributed by atoms with E-state index in [0.717, 1.165) is 6.42 Å². The summed E-state index contributed by atoms with van der Waals surface area (Å²) in [5.41, 5.74) is 0. The fraction of sp³-hybridized carbons (Fsp3) is 1.00. The van der Waals surface area contributed by atoms with Gasteiger partial charge in [-0.3, -0.25) is 0 Å². The first-order chi connectivity index (χ1) is 9.15. The molecule has 0 unspecified atom stereocenters. The molecule has 2 N–H and O–H groups in total. The molecule has 0 aliphatic heterocycles. The molecule has 0 saturated carbocycles. The van der Waals surface area contributed by atoms with Gasteiger partial charge in [0.05, 0.1) is 0 Å². The Morgan fingerprint density at radius 2 is 1.50 bits per heavy atom. The predicted molar refractivity (Wildman–Crippen MR) is 86.0 cm³/mol. The van der Waals surface area contributed by atoms with Gasteiger partial charge in [0.1, 0.15) is 0 Å². The number of hydrogen-bond acceptors (Lipinski definition) is 5. The SMILES string of the molecule is CCC(CCC[PH](O)(O)N(C(C)C)C(C)C)(OC)OC. The fourth-order valence-corrected chi connectivity index (χ4v) is 5.46. The standard InChI is InChI=1S/C14H34NO4P/c1-8-14(18-6,19-7)10-9-11-20(16,17)15(12(2)3)13(4)5/h12-13,16-17,20H,8-11H2,1-7H3. The molecule has 0 atom stereocenters. The zero-order chi connectivity index (χ0) is 16.0. The Balaban J connectivity index is 4.62. The first-order valence-electron chi connectivity index (χ1n) is 7.49. The van der Waals surface area contributed by atoms with E-state index in [-0.39, 0.29) is 12.1 Å². The van der Waals surface area contributed by atoms with Crippen LogP contribution >= 0.6 is 7.87 Å². The minimum atomic E-state index is -3.37. The Hall–Kier alpha value is 0.230. The molecule has 0 radical (unpaired) electrons. The van der Waals surface area contributed by atoms with Crippen molar-refractivity contribution in [2.75, 3.05) is 20.4 Å². The van der Waals surface area contributed by atoms with Gasteiger partial charge >= 0.3 is 124 Å². The Kier molecular flexibility index (Phi) is 8.72. The second kappa shape index (κ2) is 8.62. The number of rotatable bonds is 10. The average molecular weight is 311 g/mol. The van der Waals surface area contributed by atoms with Crippen molar-refractivity contribution in [3.63, 3.8) is 0 Å². The van der Waals surface area contributed by atoms with Crippen molar-refractivity contribution in [3.8, 4) is 0 Å². The van der Waals surface area contributed by atoms with E-state index in [1.165, 1.54) is 0 Å². The van der Waals surface area contributed by atoms with Gasteiger partial charge in [-0.25, -0.2) is 0 Å². The molecule has 0 bridgehead atoms. The monoisotopic (exact) mass is 311 g/mol. The van der Waals surface area contributed by atoms with Crippen LogP contribution in [-0.2, 0) is 9.47 Å². The van der Waals surface area contributed by atoms with Gasteiger partial charge in [-0.05, 0) is 0 Å². The first kappa shape index (κ1) is 20.2. The minimum absolute atomic E-state index is 0.123. The summed E-state index contributed by atoms with van der Waals surface area (Å²) in [5, 5.41) is 0. The molecule has 5 nitrogen and oxygen atoms in total. The van der Waals surface area contributed by atoms with Gasteiger partial charge in [0.25, 0.3) is 0 Å². The van der Waals surface area contributed by atoms with E-state index < -0.39 is 13.7 Å². The molecule has 0 rings (SSSR count). The Morgan fingerprint density at radius 3 is 1.80 bits per heavy atom. The maximum absolute atomic E-state index is 10.5. The normalized spacial score (nSPS) is 14.6. The summed E-state index contributed by atoms with van der Waals surface area (Å²) in [6.45, 7) is 9.98. The Bertz CT molecular complexity index is 252. The molecule has 0 heterocycles. The third-order valence-corrected chi connectivity index (χ3v) is 6.76. The molecule has 0 aromatic heterocycles. The summed E-state index contributed by atoms with van der Waals surface area (Å²) in [5.74, 6) is -0.606. The quantitative estimate of drug-likeness (QED) is 0.480. The molecule has 0 fully saturated rings. The van der Waals surface area contributed by atoms with Gasteiger partial charge < -0.3 is 0 Å². The predicted octanol–water partition coefficient (Wildman–Crippen LogP) is 2.76. The molecule has 0 saturated heterocycles. The van der Waals surface area contributed by atoms with Crippen molar-refractivity contribution >= 4 is 7.87 Å². The van der Waals surface area contributed by atoms with E-state index in [1.54, 1.807) is 14.2 Å². The molecule has 20 heavy (non-hydrogen) atoms. The van der Waals surface area contributed by atoms with Crippen LogP contribution in [0.25, 0.3) is 0 Å². The fourth-order valence-electron chi connectivity index (χ4n) is 2.90. The molecule has 0 aromatic rings. The van der Waals surface area contributed by atoms with Crippen LogP contribution in [-0.4, -0.2) is 52.7 Å². The van der Waals surface area contributed by atoms with E-state index >= 15 is 0 Å². The molecule has 0 amide bonds. The van der Waals surface area contributed by atoms with Gasteiger partial charge in [-0.15, -0.1) is 0 Å². The Labute approximate surface area is 124 Å². The summed E-state index contributed by atoms with van der Waals surface area (Å²) in [6, 6.07) is 0.245. The van der Waals surface area contributed by atoms with Crippen molar-refractivity contribution in [1.82, 2.24) is 4.67 Å². The van der Waals surface area contributed by atoms with Crippen LogP contribution in [0.15, 0.2) is 0 Å². The van der Waals surface area contributed by atoms with Crippen molar-refractivity contribution < 1.29 is 19.3 Å². The molecule has 6 heteroatoms. The molecule has 124 valence electrons.